The summed E-state index contributed by atoms with van der Waals surface area (Å²) in [5.74, 6) is -0.367. The Morgan fingerprint density at radius 2 is 1.56 bits per heavy atom. The van der Waals surface area contributed by atoms with E-state index in [2.05, 4.69) is 24.3 Å². The average Bonchev–Trinajstić information content (AvgIpc) is 3.30. The third kappa shape index (κ3) is 3.25. The van der Waals surface area contributed by atoms with Crippen LogP contribution < -0.4 is 0 Å². The highest BCUT2D eigenvalue weighted by Crippen LogP contribution is 2.48. The van der Waals surface area contributed by atoms with Crippen LogP contribution in [0.25, 0.3) is 11.1 Å². The van der Waals surface area contributed by atoms with E-state index < -0.39 is 5.60 Å². The standard InChI is InChI=1S/C29H28FNO3/c1-18-7-6-12-26(30)27(18)29(33)15-19-13-14-20(16-29)31(19)28(32)34-17-25-23-10-4-2-8-21(23)22-9-3-5-11-24(22)25/h2-12,19-20,25,33H,13-17H2,1H3. The van der Waals surface area contributed by atoms with Gasteiger partial charge in [-0.25, -0.2) is 9.18 Å². The van der Waals surface area contributed by atoms with E-state index in [1.165, 1.54) is 28.3 Å². The van der Waals surface area contributed by atoms with Crippen LogP contribution in [0.1, 0.15) is 53.9 Å². The normalized spacial score (nSPS) is 25.2. The Morgan fingerprint density at radius 3 is 2.15 bits per heavy atom. The summed E-state index contributed by atoms with van der Waals surface area (Å²) in [7, 11) is 0. The predicted octanol–water partition coefficient (Wildman–Crippen LogP) is 5.90. The van der Waals surface area contributed by atoms with Crippen molar-refractivity contribution in [2.24, 2.45) is 0 Å². The Hall–Kier alpha value is -3.18. The summed E-state index contributed by atoms with van der Waals surface area (Å²) in [6, 6.07) is 21.2. The van der Waals surface area contributed by atoms with E-state index >= 15 is 0 Å². The summed E-state index contributed by atoms with van der Waals surface area (Å²) in [5.41, 5.74) is 4.62. The van der Waals surface area contributed by atoms with E-state index in [0.29, 0.717) is 18.4 Å². The van der Waals surface area contributed by atoms with Crippen LogP contribution in [0.5, 0.6) is 0 Å². The summed E-state index contributed by atoms with van der Waals surface area (Å²) in [6.45, 7) is 2.11. The van der Waals surface area contributed by atoms with Crippen molar-refractivity contribution in [1.82, 2.24) is 4.90 Å². The summed E-state index contributed by atoms with van der Waals surface area (Å²) in [5, 5.41) is 11.5. The van der Waals surface area contributed by atoms with Gasteiger partial charge in [0.25, 0.3) is 0 Å². The fourth-order valence-electron chi connectivity index (χ4n) is 6.62. The van der Waals surface area contributed by atoms with Gasteiger partial charge >= 0.3 is 6.09 Å². The molecule has 3 aromatic carbocycles. The number of benzene rings is 3. The average molecular weight is 458 g/mol. The van der Waals surface area contributed by atoms with Crippen molar-refractivity contribution in [1.29, 1.82) is 0 Å². The molecule has 34 heavy (non-hydrogen) atoms. The molecule has 0 radical (unpaired) electrons. The van der Waals surface area contributed by atoms with Crippen LogP contribution in [0.4, 0.5) is 9.18 Å². The van der Waals surface area contributed by atoms with Crippen molar-refractivity contribution in [3.8, 4) is 11.1 Å². The summed E-state index contributed by atoms with van der Waals surface area (Å²) >= 11 is 0. The molecule has 174 valence electrons. The lowest BCUT2D eigenvalue weighted by molar-refractivity contribution is -0.0554. The molecule has 6 rings (SSSR count). The molecule has 5 heteroatoms. The minimum atomic E-state index is -1.26. The number of fused-ring (bicyclic) bond motifs is 5. The Bertz CT molecular complexity index is 1190. The Kier molecular flexibility index (Phi) is 4.99. The Balaban J connectivity index is 1.20. The molecule has 2 atom stereocenters. The number of hydrogen-bond donors (Lipinski definition) is 1. The van der Waals surface area contributed by atoms with Gasteiger partial charge in [-0.15, -0.1) is 0 Å². The number of piperidine rings is 1. The van der Waals surface area contributed by atoms with E-state index in [0.717, 1.165) is 18.4 Å². The molecular weight excluding hydrogens is 429 g/mol. The number of carbonyl (C=O) groups excluding carboxylic acids is 1. The number of halogens is 1. The van der Waals surface area contributed by atoms with Crippen LogP contribution in [-0.4, -0.2) is 34.8 Å². The molecule has 2 aliphatic heterocycles. The third-order valence-electron chi connectivity index (χ3n) is 8.00. The lowest BCUT2D eigenvalue weighted by atomic mass is 9.78. The molecule has 2 fully saturated rings. The fourth-order valence-corrected chi connectivity index (χ4v) is 6.62. The van der Waals surface area contributed by atoms with Gasteiger partial charge in [0.15, 0.2) is 0 Å². The molecule has 2 unspecified atom stereocenters. The molecule has 1 N–H and O–H groups in total. The molecule has 0 spiro atoms. The molecule has 3 aliphatic rings. The van der Waals surface area contributed by atoms with Crippen LogP contribution in [-0.2, 0) is 10.3 Å². The molecule has 2 saturated heterocycles. The predicted molar refractivity (Wildman–Crippen MR) is 128 cm³/mol. The maximum Gasteiger partial charge on any atom is 0.410 e. The molecular formula is C29H28FNO3. The second-order valence-corrected chi connectivity index (χ2v) is 9.97. The quantitative estimate of drug-likeness (QED) is 0.533. The number of ether oxygens (including phenoxy) is 1. The van der Waals surface area contributed by atoms with Gasteiger partial charge in [-0.2, -0.15) is 0 Å². The van der Waals surface area contributed by atoms with Gasteiger partial charge in [-0.05, 0) is 53.6 Å². The first kappa shape index (κ1) is 21.4. The molecule has 2 heterocycles. The first-order chi connectivity index (χ1) is 16.5. The van der Waals surface area contributed by atoms with Gasteiger partial charge in [-0.1, -0.05) is 60.7 Å². The van der Waals surface area contributed by atoms with Crippen molar-refractivity contribution in [2.45, 2.75) is 56.2 Å². The van der Waals surface area contributed by atoms with E-state index in [-0.39, 0.29) is 36.5 Å². The number of rotatable bonds is 3. The van der Waals surface area contributed by atoms with Gasteiger partial charge in [0, 0.05) is 36.4 Å². The van der Waals surface area contributed by atoms with Crippen LogP contribution in [0.3, 0.4) is 0 Å². The Labute approximate surface area is 199 Å². The monoisotopic (exact) mass is 457 g/mol. The van der Waals surface area contributed by atoms with Crippen molar-refractivity contribution < 1.29 is 19.0 Å². The highest BCUT2D eigenvalue weighted by molar-refractivity contribution is 5.79. The van der Waals surface area contributed by atoms with E-state index in [9.17, 15) is 14.3 Å². The molecule has 1 aliphatic carbocycles. The minimum Gasteiger partial charge on any atom is -0.448 e. The summed E-state index contributed by atoms with van der Waals surface area (Å²) in [4.78, 5) is 15.1. The molecule has 1 amide bonds. The third-order valence-corrected chi connectivity index (χ3v) is 8.00. The largest absolute Gasteiger partial charge is 0.448 e. The fraction of sp³-hybridized carbons (Fsp3) is 0.345. The number of aryl methyl sites for hydroxylation is 1. The number of aliphatic hydroxyl groups is 1. The van der Waals surface area contributed by atoms with Crippen molar-refractivity contribution >= 4 is 6.09 Å². The zero-order chi connectivity index (χ0) is 23.4. The number of carbonyl (C=O) groups is 1. The van der Waals surface area contributed by atoms with Gasteiger partial charge in [0.2, 0.25) is 0 Å². The van der Waals surface area contributed by atoms with Crippen molar-refractivity contribution in [2.75, 3.05) is 6.61 Å². The first-order valence-corrected chi connectivity index (χ1v) is 12.1. The zero-order valence-electron chi connectivity index (χ0n) is 19.2. The molecule has 0 saturated carbocycles. The van der Waals surface area contributed by atoms with E-state index in [4.69, 9.17) is 4.74 Å². The van der Waals surface area contributed by atoms with E-state index in [1.54, 1.807) is 11.0 Å². The van der Waals surface area contributed by atoms with Crippen LogP contribution in [0.15, 0.2) is 66.7 Å². The van der Waals surface area contributed by atoms with Gasteiger partial charge in [-0.3, -0.25) is 0 Å². The van der Waals surface area contributed by atoms with Crippen LogP contribution >= 0.6 is 0 Å². The van der Waals surface area contributed by atoms with Crippen LogP contribution in [0, 0.1) is 12.7 Å². The highest BCUT2D eigenvalue weighted by atomic mass is 19.1. The molecule has 4 nitrogen and oxygen atoms in total. The molecule has 2 bridgehead atoms. The van der Waals surface area contributed by atoms with Gasteiger partial charge in [0.05, 0.1) is 5.60 Å². The summed E-state index contributed by atoms with van der Waals surface area (Å²) < 4.78 is 20.6. The SMILES string of the molecule is Cc1cccc(F)c1C1(O)CC2CCC(C1)N2C(=O)OCC1c2ccccc2-c2ccccc21. The van der Waals surface area contributed by atoms with Gasteiger partial charge in [0.1, 0.15) is 12.4 Å². The lowest BCUT2D eigenvalue weighted by Gasteiger charge is -2.44. The second kappa shape index (κ2) is 7.95. The number of amides is 1. The zero-order valence-corrected chi connectivity index (χ0v) is 19.2. The second-order valence-electron chi connectivity index (χ2n) is 9.97. The Morgan fingerprint density at radius 1 is 0.971 bits per heavy atom. The maximum atomic E-state index is 14.7. The topological polar surface area (TPSA) is 49.8 Å². The lowest BCUT2D eigenvalue weighted by Crippen LogP contribution is -2.52. The summed E-state index contributed by atoms with van der Waals surface area (Å²) in [6.07, 6.45) is 1.92. The minimum absolute atomic E-state index is 0.0109. The van der Waals surface area contributed by atoms with E-state index in [1.807, 2.05) is 37.3 Å². The van der Waals surface area contributed by atoms with Gasteiger partial charge < -0.3 is 14.7 Å². The smallest absolute Gasteiger partial charge is 0.410 e. The highest BCUT2D eigenvalue weighted by Gasteiger charge is 2.52. The molecule has 3 aromatic rings. The molecule has 0 aromatic heterocycles. The van der Waals surface area contributed by atoms with Crippen LogP contribution in [0.2, 0.25) is 0 Å². The number of hydrogen-bond acceptors (Lipinski definition) is 3. The first-order valence-electron chi connectivity index (χ1n) is 12.1. The number of nitrogens with zero attached hydrogens (tertiary/aromatic N) is 1. The maximum absolute atomic E-state index is 14.7. The van der Waals surface area contributed by atoms with Crippen molar-refractivity contribution in [3.63, 3.8) is 0 Å². The van der Waals surface area contributed by atoms with Crippen molar-refractivity contribution in [3.05, 3.63) is 94.8 Å².